The van der Waals surface area contributed by atoms with Crippen molar-refractivity contribution < 1.29 is 0 Å². The number of anilines is 1. The van der Waals surface area contributed by atoms with Crippen LogP contribution in [0.1, 0.15) is 47.4 Å². The quantitative estimate of drug-likeness (QED) is 0.419. The van der Waals surface area contributed by atoms with Gasteiger partial charge in [0.05, 0.1) is 5.69 Å². The van der Waals surface area contributed by atoms with E-state index in [9.17, 15) is 4.79 Å². The summed E-state index contributed by atoms with van der Waals surface area (Å²) in [5.41, 5.74) is 7.20. The minimum atomic E-state index is -0.0772. The molecule has 0 unspecified atom stereocenters. The van der Waals surface area contributed by atoms with Crippen LogP contribution in [0.4, 0.5) is 5.82 Å². The Balaban J connectivity index is 2.13. The SMILES string of the molecule is CSCc1ccc(-c2cc(Cc3c(C)cc(C)[nH]c3=O)c(C=N)c(NC(C)C)n2)cc1. The van der Waals surface area contributed by atoms with E-state index in [-0.39, 0.29) is 11.6 Å². The lowest BCUT2D eigenvalue weighted by molar-refractivity contribution is 0.887. The van der Waals surface area contributed by atoms with Gasteiger partial charge < -0.3 is 15.7 Å². The van der Waals surface area contributed by atoms with Gasteiger partial charge in [-0.15, -0.1) is 0 Å². The fourth-order valence-electron chi connectivity index (χ4n) is 3.68. The lowest BCUT2D eigenvalue weighted by Gasteiger charge is -2.18. The van der Waals surface area contributed by atoms with E-state index < -0.39 is 0 Å². The van der Waals surface area contributed by atoms with E-state index in [1.165, 1.54) is 11.8 Å². The smallest absolute Gasteiger partial charge is 0.251 e. The Morgan fingerprint density at radius 1 is 1.19 bits per heavy atom. The molecule has 162 valence electrons. The molecule has 5 nitrogen and oxygen atoms in total. The normalized spacial score (nSPS) is 11.0. The number of aryl methyl sites for hydroxylation is 2. The standard InChI is InChI=1S/C25H30N4OS/c1-15(2)27-24-22(13-26)20(11-21-16(3)10-17(4)28-25(21)30)12-23(29-24)19-8-6-18(7-9-19)14-31-5/h6-10,12-13,15,26H,11,14H2,1-5H3,(H,27,29)(H,28,30). The summed E-state index contributed by atoms with van der Waals surface area (Å²) in [6, 6.07) is 12.6. The lowest BCUT2D eigenvalue weighted by Crippen LogP contribution is -2.18. The topological polar surface area (TPSA) is 81.6 Å². The summed E-state index contributed by atoms with van der Waals surface area (Å²) in [6.45, 7) is 7.94. The van der Waals surface area contributed by atoms with E-state index in [1.807, 2.05) is 39.8 Å². The maximum Gasteiger partial charge on any atom is 0.251 e. The van der Waals surface area contributed by atoms with Crippen LogP contribution in [0.5, 0.6) is 0 Å². The maximum absolute atomic E-state index is 12.6. The average molecular weight is 435 g/mol. The summed E-state index contributed by atoms with van der Waals surface area (Å²) in [4.78, 5) is 20.4. The number of thioether (sulfide) groups is 1. The van der Waals surface area contributed by atoms with Crippen LogP contribution >= 0.6 is 11.8 Å². The molecule has 31 heavy (non-hydrogen) atoms. The van der Waals surface area contributed by atoms with Gasteiger partial charge in [0.25, 0.3) is 5.56 Å². The third kappa shape index (κ3) is 5.44. The van der Waals surface area contributed by atoms with Gasteiger partial charge in [-0.2, -0.15) is 11.8 Å². The van der Waals surface area contributed by atoms with Gasteiger partial charge in [-0.25, -0.2) is 4.98 Å². The van der Waals surface area contributed by atoms with Crippen molar-refractivity contribution in [1.29, 1.82) is 5.41 Å². The van der Waals surface area contributed by atoms with Crippen LogP contribution in [0.2, 0.25) is 0 Å². The van der Waals surface area contributed by atoms with Crippen molar-refractivity contribution in [2.75, 3.05) is 11.6 Å². The molecule has 0 amide bonds. The molecule has 0 fully saturated rings. The zero-order chi connectivity index (χ0) is 22.5. The van der Waals surface area contributed by atoms with Crippen LogP contribution in [0.25, 0.3) is 11.3 Å². The molecule has 0 radical (unpaired) electrons. The van der Waals surface area contributed by atoms with Crippen LogP contribution in [-0.4, -0.2) is 28.5 Å². The molecule has 0 bridgehead atoms. The maximum atomic E-state index is 12.6. The third-order valence-corrected chi connectivity index (χ3v) is 5.76. The summed E-state index contributed by atoms with van der Waals surface area (Å²) in [6.07, 6.45) is 3.87. The molecular formula is C25H30N4OS. The molecule has 3 N–H and O–H groups in total. The van der Waals surface area contributed by atoms with E-state index in [0.717, 1.165) is 45.0 Å². The number of rotatable bonds is 8. The zero-order valence-corrected chi connectivity index (χ0v) is 19.6. The van der Waals surface area contributed by atoms with Gasteiger partial charge in [0.15, 0.2) is 0 Å². The van der Waals surface area contributed by atoms with Crippen molar-refractivity contribution in [3.05, 3.63) is 80.3 Å². The Morgan fingerprint density at radius 3 is 2.48 bits per heavy atom. The van der Waals surface area contributed by atoms with Crippen molar-refractivity contribution in [3.63, 3.8) is 0 Å². The van der Waals surface area contributed by atoms with Gasteiger partial charge in [-0.1, -0.05) is 24.3 Å². The van der Waals surface area contributed by atoms with Gasteiger partial charge in [0.2, 0.25) is 0 Å². The summed E-state index contributed by atoms with van der Waals surface area (Å²) < 4.78 is 0. The van der Waals surface area contributed by atoms with E-state index >= 15 is 0 Å². The Labute approximate surface area is 188 Å². The fraction of sp³-hybridized carbons (Fsp3) is 0.320. The summed E-state index contributed by atoms with van der Waals surface area (Å²) >= 11 is 1.79. The minimum absolute atomic E-state index is 0.0772. The Hall–Kier alpha value is -2.86. The van der Waals surface area contributed by atoms with Crippen LogP contribution in [-0.2, 0) is 12.2 Å². The molecule has 0 aliphatic heterocycles. The zero-order valence-electron chi connectivity index (χ0n) is 18.8. The highest BCUT2D eigenvalue weighted by atomic mass is 32.2. The van der Waals surface area contributed by atoms with Crippen LogP contribution in [0.15, 0.2) is 41.2 Å². The molecule has 2 heterocycles. The average Bonchev–Trinajstić information content (AvgIpc) is 2.71. The van der Waals surface area contributed by atoms with Gasteiger partial charge in [0.1, 0.15) is 5.82 Å². The molecular weight excluding hydrogens is 404 g/mol. The van der Waals surface area contributed by atoms with Gasteiger partial charge in [-0.05, 0) is 62.8 Å². The van der Waals surface area contributed by atoms with Crippen molar-refractivity contribution in [2.45, 2.75) is 45.9 Å². The molecule has 0 saturated carbocycles. The number of H-pyrrole nitrogens is 1. The molecule has 0 aliphatic carbocycles. The Morgan fingerprint density at radius 2 is 1.90 bits per heavy atom. The van der Waals surface area contributed by atoms with Crippen LogP contribution < -0.4 is 10.9 Å². The first kappa shape index (κ1) is 22.8. The first-order valence-electron chi connectivity index (χ1n) is 10.4. The Bertz CT molecular complexity index is 1130. The number of nitrogens with zero attached hydrogens (tertiary/aromatic N) is 1. The predicted molar refractivity (Wildman–Crippen MR) is 133 cm³/mol. The second-order valence-corrected chi connectivity index (χ2v) is 8.99. The van der Waals surface area contributed by atoms with Crippen molar-refractivity contribution in [3.8, 4) is 11.3 Å². The highest BCUT2D eigenvalue weighted by Gasteiger charge is 2.16. The van der Waals surface area contributed by atoms with Crippen LogP contribution in [0.3, 0.4) is 0 Å². The van der Waals surface area contributed by atoms with E-state index in [1.54, 1.807) is 11.8 Å². The second-order valence-electron chi connectivity index (χ2n) is 8.12. The number of aromatic nitrogens is 2. The van der Waals surface area contributed by atoms with Crippen LogP contribution in [0, 0.1) is 19.3 Å². The van der Waals surface area contributed by atoms with Gasteiger partial charge in [0, 0.05) is 46.8 Å². The molecule has 0 spiro atoms. The molecule has 3 aromatic rings. The third-order valence-electron chi connectivity index (χ3n) is 5.14. The molecule has 0 saturated heterocycles. The molecule has 6 heteroatoms. The van der Waals surface area contributed by atoms with Crippen molar-refractivity contribution in [1.82, 2.24) is 9.97 Å². The number of hydrogen-bond donors (Lipinski definition) is 3. The fourth-order valence-corrected chi connectivity index (χ4v) is 4.20. The largest absolute Gasteiger partial charge is 0.367 e. The molecule has 2 aromatic heterocycles. The van der Waals surface area contributed by atoms with Crippen molar-refractivity contribution >= 4 is 23.8 Å². The highest BCUT2D eigenvalue weighted by Crippen LogP contribution is 2.28. The first-order valence-corrected chi connectivity index (χ1v) is 11.8. The molecule has 3 rings (SSSR count). The van der Waals surface area contributed by atoms with E-state index in [2.05, 4.69) is 40.8 Å². The summed E-state index contributed by atoms with van der Waals surface area (Å²) in [7, 11) is 0. The van der Waals surface area contributed by atoms with E-state index in [4.69, 9.17) is 10.4 Å². The monoisotopic (exact) mass is 434 g/mol. The van der Waals surface area contributed by atoms with Gasteiger partial charge >= 0.3 is 0 Å². The number of nitrogens with one attached hydrogen (secondary N) is 3. The number of benzene rings is 1. The molecule has 0 aliphatic rings. The van der Waals surface area contributed by atoms with Crippen molar-refractivity contribution in [2.24, 2.45) is 0 Å². The second kappa shape index (κ2) is 9.96. The number of aromatic amines is 1. The lowest BCUT2D eigenvalue weighted by atomic mass is 9.96. The molecule has 0 atom stereocenters. The number of pyridine rings is 2. The number of hydrogen-bond acceptors (Lipinski definition) is 5. The summed E-state index contributed by atoms with van der Waals surface area (Å²) in [5.74, 6) is 1.65. The van der Waals surface area contributed by atoms with Gasteiger partial charge in [-0.3, -0.25) is 4.79 Å². The Kier molecular flexibility index (Phi) is 7.33. The highest BCUT2D eigenvalue weighted by molar-refractivity contribution is 7.97. The van der Waals surface area contributed by atoms with E-state index in [0.29, 0.717) is 12.2 Å². The summed E-state index contributed by atoms with van der Waals surface area (Å²) in [5, 5.41) is 11.4. The predicted octanol–water partition coefficient (Wildman–Crippen LogP) is 5.33. The first-order chi connectivity index (χ1) is 14.8. The minimum Gasteiger partial charge on any atom is -0.367 e. The molecule has 1 aromatic carbocycles.